The standard InChI is InChI=1S/C12H17NO3/c1-3-8-9-5-6-13-11(14)10(9)7-16-12(8)15-4-2/h3,7-9,12H,1,4-6H2,2H3,(H,13,14)/t8-,9+,12+/m1/s1. The molecule has 16 heavy (non-hydrogen) atoms. The van der Waals surface area contributed by atoms with Gasteiger partial charge in [0.1, 0.15) is 0 Å². The lowest BCUT2D eigenvalue weighted by atomic mass is 9.79. The van der Waals surface area contributed by atoms with Gasteiger partial charge in [-0.15, -0.1) is 6.58 Å². The van der Waals surface area contributed by atoms with E-state index in [0.717, 1.165) is 6.42 Å². The Labute approximate surface area is 95.3 Å². The number of fused-ring (bicyclic) bond motifs is 1. The molecule has 4 nitrogen and oxygen atoms in total. The minimum Gasteiger partial charge on any atom is -0.471 e. The van der Waals surface area contributed by atoms with Crippen molar-refractivity contribution >= 4 is 5.91 Å². The van der Waals surface area contributed by atoms with Gasteiger partial charge < -0.3 is 14.8 Å². The van der Waals surface area contributed by atoms with Crippen LogP contribution in [0.1, 0.15) is 13.3 Å². The Kier molecular flexibility index (Phi) is 3.29. The number of rotatable bonds is 3. The molecule has 0 aliphatic carbocycles. The number of ether oxygens (including phenoxy) is 2. The second-order valence-corrected chi connectivity index (χ2v) is 4.00. The van der Waals surface area contributed by atoms with Crippen LogP contribution in [0.25, 0.3) is 0 Å². The number of hydrogen-bond donors (Lipinski definition) is 1. The number of carbonyl (C=O) groups excluding carboxylic acids is 1. The number of hydrogen-bond acceptors (Lipinski definition) is 3. The van der Waals surface area contributed by atoms with E-state index < -0.39 is 0 Å². The molecular formula is C12H17NO3. The third-order valence-corrected chi connectivity index (χ3v) is 3.11. The molecule has 1 amide bonds. The Bertz CT molecular complexity index is 324. The van der Waals surface area contributed by atoms with Crippen molar-refractivity contribution in [2.24, 2.45) is 11.8 Å². The summed E-state index contributed by atoms with van der Waals surface area (Å²) in [5, 5.41) is 2.81. The summed E-state index contributed by atoms with van der Waals surface area (Å²) in [6.07, 6.45) is 3.99. The molecule has 3 atom stereocenters. The van der Waals surface area contributed by atoms with E-state index in [2.05, 4.69) is 11.9 Å². The van der Waals surface area contributed by atoms with E-state index >= 15 is 0 Å². The molecule has 0 aromatic rings. The fraction of sp³-hybridized carbons (Fsp3) is 0.583. The van der Waals surface area contributed by atoms with Crippen molar-refractivity contribution in [1.29, 1.82) is 0 Å². The van der Waals surface area contributed by atoms with Crippen molar-refractivity contribution in [3.63, 3.8) is 0 Å². The van der Waals surface area contributed by atoms with Crippen LogP contribution in [-0.4, -0.2) is 25.3 Å². The van der Waals surface area contributed by atoms with E-state index in [4.69, 9.17) is 9.47 Å². The highest BCUT2D eigenvalue weighted by Gasteiger charge is 2.39. The molecular weight excluding hydrogens is 206 g/mol. The molecule has 0 bridgehead atoms. The van der Waals surface area contributed by atoms with Crippen LogP contribution in [-0.2, 0) is 14.3 Å². The van der Waals surface area contributed by atoms with E-state index in [0.29, 0.717) is 18.7 Å². The summed E-state index contributed by atoms with van der Waals surface area (Å²) in [7, 11) is 0. The lowest BCUT2D eigenvalue weighted by Crippen LogP contribution is -2.44. The van der Waals surface area contributed by atoms with Crippen LogP contribution in [0.4, 0.5) is 0 Å². The largest absolute Gasteiger partial charge is 0.471 e. The van der Waals surface area contributed by atoms with Gasteiger partial charge in [0.15, 0.2) is 0 Å². The maximum absolute atomic E-state index is 11.6. The number of amides is 1. The van der Waals surface area contributed by atoms with E-state index in [1.807, 2.05) is 13.0 Å². The summed E-state index contributed by atoms with van der Waals surface area (Å²) < 4.78 is 10.9. The second-order valence-electron chi connectivity index (χ2n) is 4.00. The van der Waals surface area contributed by atoms with Crippen molar-refractivity contribution in [2.75, 3.05) is 13.2 Å². The quantitative estimate of drug-likeness (QED) is 0.731. The minimum atomic E-state index is -0.304. The molecule has 1 fully saturated rings. The highest BCUT2D eigenvalue weighted by Crippen LogP contribution is 2.35. The third kappa shape index (κ3) is 1.85. The lowest BCUT2D eigenvalue weighted by molar-refractivity contribution is -0.149. The normalized spacial score (nSPS) is 33.2. The highest BCUT2D eigenvalue weighted by atomic mass is 16.7. The Morgan fingerprint density at radius 1 is 1.75 bits per heavy atom. The van der Waals surface area contributed by atoms with Gasteiger partial charge in [0, 0.05) is 25.0 Å². The van der Waals surface area contributed by atoms with Crippen molar-refractivity contribution in [3.05, 3.63) is 24.5 Å². The van der Waals surface area contributed by atoms with Crippen LogP contribution in [0.5, 0.6) is 0 Å². The number of piperidine rings is 1. The summed E-state index contributed by atoms with van der Waals surface area (Å²) >= 11 is 0. The lowest BCUT2D eigenvalue weighted by Gasteiger charge is -2.37. The first-order valence-electron chi connectivity index (χ1n) is 5.65. The van der Waals surface area contributed by atoms with Crippen LogP contribution in [0.3, 0.4) is 0 Å². The van der Waals surface area contributed by atoms with Gasteiger partial charge in [-0.3, -0.25) is 4.79 Å². The highest BCUT2D eigenvalue weighted by molar-refractivity contribution is 5.94. The van der Waals surface area contributed by atoms with Crippen LogP contribution in [0.15, 0.2) is 24.5 Å². The molecule has 1 saturated heterocycles. The summed E-state index contributed by atoms with van der Waals surface area (Å²) in [5.41, 5.74) is 0.715. The van der Waals surface area contributed by atoms with Gasteiger partial charge >= 0.3 is 0 Å². The number of nitrogens with one attached hydrogen (secondary N) is 1. The first-order chi connectivity index (χ1) is 7.77. The van der Waals surface area contributed by atoms with Gasteiger partial charge in [-0.1, -0.05) is 6.08 Å². The molecule has 0 unspecified atom stereocenters. The second kappa shape index (κ2) is 4.70. The number of carbonyl (C=O) groups is 1. The molecule has 2 heterocycles. The van der Waals surface area contributed by atoms with Gasteiger partial charge in [-0.2, -0.15) is 0 Å². The van der Waals surface area contributed by atoms with Crippen molar-refractivity contribution in [1.82, 2.24) is 5.32 Å². The van der Waals surface area contributed by atoms with Gasteiger partial charge in [0.25, 0.3) is 5.91 Å². The summed E-state index contributed by atoms with van der Waals surface area (Å²) in [6.45, 7) is 7.05. The molecule has 4 heteroatoms. The van der Waals surface area contributed by atoms with Gasteiger partial charge in [0.05, 0.1) is 11.8 Å². The first kappa shape index (κ1) is 11.2. The van der Waals surface area contributed by atoms with Crippen molar-refractivity contribution < 1.29 is 14.3 Å². The van der Waals surface area contributed by atoms with Crippen LogP contribution in [0, 0.1) is 11.8 Å². The van der Waals surface area contributed by atoms with E-state index in [1.165, 1.54) is 0 Å². The van der Waals surface area contributed by atoms with Gasteiger partial charge in [-0.05, 0) is 13.3 Å². The molecule has 0 aromatic heterocycles. The fourth-order valence-corrected chi connectivity index (χ4v) is 2.32. The van der Waals surface area contributed by atoms with E-state index in [-0.39, 0.29) is 24.0 Å². The molecule has 0 aromatic carbocycles. The summed E-state index contributed by atoms with van der Waals surface area (Å²) in [5.74, 6) is 0.209. The average Bonchev–Trinajstić information content (AvgIpc) is 2.29. The average molecular weight is 223 g/mol. The van der Waals surface area contributed by atoms with Crippen LogP contribution < -0.4 is 5.32 Å². The van der Waals surface area contributed by atoms with Crippen molar-refractivity contribution in [3.8, 4) is 0 Å². The topological polar surface area (TPSA) is 47.6 Å². The predicted octanol–water partition coefficient (Wildman–Crippen LogP) is 1.20. The van der Waals surface area contributed by atoms with Gasteiger partial charge in [0.2, 0.25) is 6.29 Å². The summed E-state index contributed by atoms with van der Waals surface area (Å²) in [4.78, 5) is 11.6. The first-order valence-corrected chi connectivity index (χ1v) is 5.65. The zero-order valence-electron chi connectivity index (χ0n) is 9.44. The molecule has 0 radical (unpaired) electrons. The molecule has 0 spiro atoms. The molecule has 1 N–H and O–H groups in total. The molecule has 2 aliphatic heterocycles. The molecule has 2 aliphatic rings. The smallest absolute Gasteiger partial charge is 0.250 e. The molecule has 88 valence electrons. The maximum Gasteiger partial charge on any atom is 0.250 e. The summed E-state index contributed by atoms with van der Waals surface area (Å²) in [6, 6.07) is 0. The van der Waals surface area contributed by atoms with Crippen LogP contribution >= 0.6 is 0 Å². The van der Waals surface area contributed by atoms with Gasteiger partial charge in [-0.25, -0.2) is 0 Å². The molecule has 0 saturated carbocycles. The monoisotopic (exact) mass is 223 g/mol. The zero-order valence-corrected chi connectivity index (χ0v) is 9.44. The SMILES string of the molecule is C=C[C@H]1[C@@H](OCC)OC=C2C(=O)NCC[C@H]21. The third-order valence-electron chi connectivity index (χ3n) is 3.11. The Hall–Kier alpha value is -1.29. The Balaban J connectivity index is 2.22. The maximum atomic E-state index is 11.6. The van der Waals surface area contributed by atoms with Crippen molar-refractivity contribution in [2.45, 2.75) is 19.6 Å². The fourth-order valence-electron chi connectivity index (χ4n) is 2.32. The van der Waals surface area contributed by atoms with E-state index in [9.17, 15) is 4.79 Å². The predicted molar refractivity (Wildman–Crippen MR) is 59.4 cm³/mol. The molecule has 2 rings (SSSR count). The zero-order chi connectivity index (χ0) is 11.5. The van der Waals surface area contributed by atoms with E-state index in [1.54, 1.807) is 6.26 Å². The van der Waals surface area contributed by atoms with Crippen LogP contribution in [0.2, 0.25) is 0 Å². The minimum absolute atomic E-state index is 0.0296. The Morgan fingerprint density at radius 2 is 2.56 bits per heavy atom. The Morgan fingerprint density at radius 3 is 3.25 bits per heavy atom.